The van der Waals surface area contributed by atoms with Gasteiger partial charge in [-0.3, -0.25) is 4.79 Å². The Morgan fingerprint density at radius 3 is 2.32 bits per heavy atom. The number of carbonyl (C=O) groups excluding carboxylic acids is 1. The smallest absolute Gasteiger partial charge is 0.370 e. The topological polar surface area (TPSA) is 43.1 Å². The summed E-state index contributed by atoms with van der Waals surface area (Å²) < 4.78 is 38.9. The highest BCUT2D eigenvalue weighted by molar-refractivity contribution is 5.74. The molecule has 1 rings (SSSR count). The number of benzene rings is 1. The molecule has 2 N–H and O–H groups in total. The van der Waals surface area contributed by atoms with E-state index in [1.807, 2.05) is 13.8 Å². The number of rotatable bonds is 5. The van der Waals surface area contributed by atoms with Crippen molar-refractivity contribution in [2.24, 2.45) is 11.7 Å². The maximum Gasteiger partial charge on any atom is 0.416 e. The number of hydrogen-bond donors (Lipinski definition) is 1. The summed E-state index contributed by atoms with van der Waals surface area (Å²) in [6.45, 7) is 3.81. The molecular formula is C14H18F3NO. The minimum absolute atomic E-state index is 0.0642. The van der Waals surface area contributed by atoms with E-state index in [-0.39, 0.29) is 17.9 Å². The zero-order valence-corrected chi connectivity index (χ0v) is 11.0. The maximum atomic E-state index is 13.0. The van der Waals surface area contributed by atoms with E-state index in [0.717, 1.165) is 6.07 Å². The second kappa shape index (κ2) is 6.08. The predicted octanol–water partition coefficient (Wildman–Crippen LogP) is 3.71. The van der Waals surface area contributed by atoms with Gasteiger partial charge in [-0.05, 0) is 29.9 Å². The highest BCUT2D eigenvalue weighted by atomic mass is 19.4. The average Bonchev–Trinajstić information content (AvgIpc) is 2.25. The van der Waals surface area contributed by atoms with Crippen LogP contribution in [0.2, 0.25) is 0 Å². The molecular weight excluding hydrogens is 255 g/mol. The summed E-state index contributed by atoms with van der Waals surface area (Å²) in [5.41, 5.74) is 4.62. The van der Waals surface area contributed by atoms with Crippen molar-refractivity contribution < 1.29 is 18.0 Å². The third-order valence-electron chi connectivity index (χ3n) is 2.91. The van der Waals surface area contributed by atoms with Gasteiger partial charge < -0.3 is 5.73 Å². The number of carbonyl (C=O) groups is 1. The van der Waals surface area contributed by atoms with Crippen molar-refractivity contribution in [2.45, 2.75) is 38.8 Å². The second-order valence-corrected chi connectivity index (χ2v) is 5.08. The van der Waals surface area contributed by atoms with Crippen molar-refractivity contribution in [3.8, 4) is 0 Å². The van der Waals surface area contributed by atoms with Crippen LogP contribution in [0.25, 0.3) is 0 Å². The first-order valence-corrected chi connectivity index (χ1v) is 6.16. The van der Waals surface area contributed by atoms with Crippen LogP contribution in [-0.2, 0) is 11.0 Å². The fraction of sp³-hybridized carbons (Fsp3) is 0.500. The number of halogens is 3. The van der Waals surface area contributed by atoms with E-state index in [1.165, 1.54) is 12.1 Å². The summed E-state index contributed by atoms with van der Waals surface area (Å²) in [5, 5.41) is 0. The summed E-state index contributed by atoms with van der Waals surface area (Å²) in [5.74, 6) is -0.886. The van der Waals surface area contributed by atoms with Gasteiger partial charge in [0.15, 0.2) is 0 Å². The number of primary amides is 1. The van der Waals surface area contributed by atoms with Crippen LogP contribution in [0.4, 0.5) is 13.2 Å². The molecule has 1 aromatic carbocycles. The summed E-state index contributed by atoms with van der Waals surface area (Å²) in [4.78, 5) is 11.1. The van der Waals surface area contributed by atoms with E-state index in [9.17, 15) is 18.0 Å². The van der Waals surface area contributed by atoms with E-state index in [0.29, 0.717) is 6.42 Å². The first-order chi connectivity index (χ1) is 8.71. The normalized spacial score (nSPS) is 13.6. The van der Waals surface area contributed by atoms with E-state index in [4.69, 9.17) is 5.73 Å². The molecule has 0 saturated heterocycles. The lowest BCUT2D eigenvalue weighted by Crippen LogP contribution is -2.19. The van der Waals surface area contributed by atoms with Gasteiger partial charge in [0.25, 0.3) is 0 Å². The summed E-state index contributed by atoms with van der Waals surface area (Å²) in [6, 6.07) is 5.38. The van der Waals surface area contributed by atoms with Crippen LogP contribution in [0.5, 0.6) is 0 Å². The molecule has 0 bridgehead atoms. The van der Waals surface area contributed by atoms with Crippen molar-refractivity contribution in [3.63, 3.8) is 0 Å². The lowest BCUT2D eigenvalue weighted by atomic mass is 9.85. The van der Waals surface area contributed by atoms with Crippen LogP contribution in [0.15, 0.2) is 24.3 Å². The lowest BCUT2D eigenvalue weighted by Gasteiger charge is -2.22. The van der Waals surface area contributed by atoms with Crippen LogP contribution in [-0.4, -0.2) is 5.91 Å². The molecule has 0 spiro atoms. The second-order valence-electron chi connectivity index (χ2n) is 5.08. The van der Waals surface area contributed by atoms with Crippen LogP contribution < -0.4 is 5.73 Å². The highest BCUT2D eigenvalue weighted by Gasteiger charge is 2.35. The van der Waals surface area contributed by atoms with Gasteiger partial charge in [0.1, 0.15) is 0 Å². The molecule has 5 heteroatoms. The molecule has 0 heterocycles. The predicted molar refractivity (Wildman–Crippen MR) is 67.5 cm³/mol. The molecule has 1 amide bonds. The molecule has 1 atom stereocenters. The number of nitrogens with two attached hydrogens (primary N) is 1. The van der Waals surface area contributed by atoms with E-state index < -0.39 is 23.6 Å². The first kappa shape index (κ1) is 15.5. The molecule has 0 aromatic heterocycles. The molecule has 1 aromatic rings. The molecule has 0 aliphatic rings. The quantitative estimate of drug-likeness (QED) is 0.873. The van der Waals surface area contributed by atoms with Gasteiger partial charge in [-0.25, -0.2) is 0 Å². The fourth-order valence-corrected chi connectivity index (χ4v) is 2.24. The molecule has 1 unspecified atom stereocenters. The molecule has 19 heavy (non-hydrogen) atoms. The van der Waals surface area contributed by atoms with Crippen LogP contribution in [0, 0.1) is 5.92 Å². The number of hydrogen-bond acceptors (Lipinski definition) is 1. The van der Waals surface area contributed by atoms with Gasteiger partial charge in [0.05, 0.1) is 5.56 Å². The molecule has 0 aliphatic carbocycles. The molecule has 0 radical (unpaired) electrons. The Kier molecular flexibility index (Phi) is 4.97. The number of alkyl halides is 3. The van der Waals surface area contributed by atoms with Crippen LogP contribution >= 0.6 is 0 Å². The summed E-state index contributed by atoms with van der Waals surface area (Å²) in [6.07, 6.45) is -3.98. The van der Waals surface area contributed by atoms with Gasteiger partial charge in [-0.15, -0.1) is 0 Å². The van der Waals surface area contributed by atoms with Crippen molar-refractivity contribution in [1.82, 2.24) is 0 Å². The summed E-state index contributed by atoms with van der Waals surface area (Å²) >= 11 is 0. The highest BCUT2D eigenvalue weighted by Crippen LogP contribution is 2.38. The monoisotopic (exact) mass is 273 g/mol. The van der Waals surface area contributed by atoms with Crippen LogP contribution in [0.1, 0.15) is 43.7 Å². The SMILES string of the molecule is CC(C)CC(CC(N)=O)c1ccccc1C(F)(F)F. The Hall–Kier alpha value is -1.52. The van der Waals surface area contributed by atoms with E-state index >= 15 is 0 Å². The van der Waals surface area contributed by atoms with Gasteiger partial charge in [-0.1, -0.05) is 32.0 Å². The van der Waals surface area contributed by atoms with Gasteiger partial charge in [0, 0.05) is 6.42 Å². The maximum absolute atomic E-state index is 13.0. The average molecular weight is 273 g/mol. The molecule has 0 fully saturated rings. The molecule has 106 valence electrons. The number of amides is 1. The minimum Gasteiger partial charge on any atom is -0.370 e. The van der Waals surface area contributed by atoms with E-state index in [2.05, 4.69) is 0 Å². The van der Waals surface area contributed by atoms with Crippen molar-refractivity contribution >= 4 is 5.91 Å². The molecule has 2 nitrogen and oxygen atoms in total. The van der Waals surface area contributed by atoms with Crippen molar-refractivity contribution in [2.75, 3.05) is 0 Å². The zero-order chi connectivity index (χ0) is 14.6. The van der Waals surface area contributed by atoms with E-state index in [1.54, 1.807) is 6.07 Å². The lowest BCUT2D eigenvalue weighted by molar-refractivity contribution is -0.138. The Bertz CT molecular complexity index is 441. The third-order valence-corrected chi connectivity index (χ3v) is 2.91. The fourth-order valence-electron chi connectivity index (χ4n) is 2.24. The van der Waals surface area contributed by atoms with Crippen LogP contribution in [0.3, 0.4) is 0 Å². The van der Waals surface area contributed by atoms with Crippen molar-refractivity contribution in [1.29, 1.82) is 0 Å². The van der Waals surface area contributed by atoms with Crippen molar-refractivity contribution in [3.05, 3.63) is 35.4 Å². The Morgan fingerprint density at radius 2 is 1.84 bits per heavy atom. The zero-order valence-electron chi connectivity index (χ0n) is 11.0. The Balaban J connectivity index is 3.18. The first-order valence-electron chi connectivity index (χ1n) is 6.16. The van der Waals surface area contributed by atoms with Gasteiger partial charge >= 0.3 is 6.18 Å². The van der Waals surface area contributed by atoms with Gasteiger partial charge in [0.2, 0.25) is 5.91 Å². The minimum atomic E-state index is -4.41. The summed E-state index contributed by atoms with van der Waals surface area (Å²) in [7, 11) is 0. The third kappa shape index (κ3) is 4.58. The standard InChI is InChI=1S/C14H18F3NO/c1-9(2)7-10(8-13(18)19)11-5-3-4-6-12(11)14(15,16)17/h3-6,9-10H,7-8H2,1-2H3,(H2,18,19). The van der Waals surface area contributed by atoms with Gasteiger partial charge in [-0.2, -0.15) is 13.2 Å². The molecule has 0 saturated carbocycles. The Morgan fingerprint density at radius 1 is 1.26 bits per heavy atom. The largest absolute Gasteiger partial charge is 0.416 e. The molecule has 0 aliphatic heterocycles. The Labute approximate surface area is 110 Å².